The molecule has 39 heavy (non-hydrogen) atoms. The Morgan fingerprint density at radius 1 is 1.08 bits per heavy atom. The van der Waals surface area contributed by atoms with Crippen molar-refractivity contribution in [3.8, 4) is 0 Å². The Labute approximate surface area is 240 Å². The lowest BCUT2D eigenvalue weighted by molar-refractivity contribution is -0.157. The summed E-state index contributed by atoms with van der Waals surface area (Å²) in [7, 11) is -3.94. The van der Waals surface area contributed by atoms with Gasteiger partial charge in [-0.15, -0.1) is 11.6 Å². The van der Waals surface area contributed by atoms with E-state index in [0.717, 1.165) is 4.90 Å². The zero-order valence-electron chi connectivity index (χ0n) is 21.2. The monoisotopic (exact) mass is 614 g/mol. The normalized spacial score (nSPS) is 20.2. The number of hydrogen-bond donors (Lipinski definition) is 1. The highest BCUT2D eigenvalue weighted by molar-refractivity contribution is 7.92. The number of sulfone groups is 1. The van der Waals surface area contributed by atoms with Crippen LogP contribution in [0.3, 0.4) is 0 Å². The van der Waals surface area contributed by atoms with E-state index in [1.165, 1.54) is 0 Å². The summed E-state index contributed by atoms with van der Waals surface area (Å²) in [6.45, 7) is 4.35. The standard InChI is InChI=1S/C26H25Cl3N2O7S/c1-26(2,3)38-25(34)22-15(13-39(35,36)24-20(29)23(33)31(22)24)12-37-19(32)11-14-7-4-5-10-18(14)30-21-16(27)8-6-9-17(21)28/h4-10,20,24,30H,11-13H2,1-3H3/t20-,24+/m0/s1. The summed E-state index contributed by atoms with van der Waals surface area (Å²) < 4.78 is 36.5. The Kier molecular flexibility index (Phi) is 8.23. The van der Waals surface area contributed by atoms with Gasteiger partial charge in [0, 0.05) is 11.3 Å². The molecule has 2 atom stereocenters. The molecular formula is C26H25Cl3N2O7S. The third kappa shape index (κ3) is 6.19. The number of benzene rings is 2. The molecule has 0 spiro atoms. The number of hydrogen-bond acceptors (Lipinski definition) is 8. The first-order valence-electron chi connectivity index (χ1n) is 11.8. The number of carbonyl (C=O) groups excluding carboxylic acids is 3. The third-order valence-corrected chi connectivity index (χ3v) is 9.05. The molecule has 4 rings (SSSR count). The second-order valence-electron chi connectivity index (χ2n) is 9.98. The molecule has 0 bridgehead atoms. The van der Waals surface area contributed by atoms with Crippen LogP contribution in [0.15, 0.2) is 53.7 Å². The van der Waals surface area contributed by atoms with Crippen molar-refractivity contribution in [1.82, 2.24) is 4.90 Å². The van der Waals surface area contributed by atoms with Crippen molar-refractivity contribution in [1.29, 1.82) is 0 Å². The number of β-lactam (4-membered cyclic amide) rings is 1. The van der Waals surface area contributed by atoms with Crippen LogP contribution in [-0.4, -0.2) is 59.9 Å². The van der Waals surface area contributed by atoms with E-state index in [-0.39, 0.29) is 17.7 Å². The summed E-state index contributed by atoms with van der Waals surface area (Å²) in [6.07, 6.45) is -0.192. The van der Waals surface area contributed by atoms with Crippen molar-refractivity contribution in [3.05, 3.63) is 69.3 Å². The van der Waals surface area contributed by atoms with Crippen molar-refractivity contribution >= 4 is 73.9 Å². The highest BCUT2D eigenvalue weighted by Gasteiger charge is 2.59. The molecule has 0 radical (unpaired) electrons. The van der Waals surface area contributed by atoms with Gasteiger partial charge in [0.2, 0.25) is 5.91 Å². The number of carbonyl (C=O) groups is 3. The zero-order chi connectivity index (χ0) is 28.7. The van der Waals surface area contributed by atoms with Gasteiger partial charge in [0.25, 0.3) is 0 Å². The molecule has 0 saturated carbocycles. The Balaban J connectivity index is 1.56. The Hall–Kier alpha value is -2.79. The minimum Gasteiger partial charge on any atom is -0.461 e. The Morgan fingerprint density at radius 2 is 1.72 bits per heavy atom. The Morgan fingerprint density at radius 3 is 2.36 bits per heavy atom. The largest absolute Gasteiger partial charge is 0.461 e. The van der Waals surface area contributed by atoms with Crippen LogP contribution in [0.2, 0.25) is 10.0 Å². The van der Waals surface area contributed by atoms with E-state index in [1.54, 1.807) is 63.2 Å². The minimum absolute atomic E-state index is 0.0694. The number of rotatable bonds is 7. The van der Waals surface area contributed by atoms with E-state index >= 15 is 0 Å². The second-order valence-corrected chi connectivity index (χ2v) is 13.4. The van der Waals surface area contributed by atoms with Gasteiger partial charge in [0.05, 0.1) is 27.9 Å². The molecule has 9 nitrogen and oxygen atoms in total. The maximum absolute atomic E-state index is 13.0. The topological polar surface area (TPSA) is 119 Å². The summed E-state index contributed by atoms with van der Waals surface area (Å²) in [5, 5.41) is 1.20. The van der Waals surface area contributed by atoms with Gasteiger partial charge in [-0.05, 0) is 44.5 Å². The predicted molar refractivity (Wildman–Crippen MR) is 148 cm³/mol. The van der Waals surface area contributed by atoms with Gasteiger partial charge in [-0.1, -0.05) is 47.5 Å². The number of alkyl halides is 1. The number of para-hydroxylation sites is 2. The maximum Gasteiger partial charge on any atom is 0.355 e. The fourth-order valence-electron chi connectivity index (χ4n) is 4.18. The summed E-state index contributed by atoms with van der Waals surface area (Å²) >= 11 is 18.5. The molecule has 1 saturated heterocycles. The van der Waals surface area contributed by atoms with Gasteiger partial charge in [-0.3, -0.25) is 14.5 Å². The number of nitrogens with zero attached hydrogens (tertiary/aromatic N) is 1. The molecule has 1 fully saturated rings. The van der Waals surface area contributed by atoms with Gasteiger partial charge in [-0.2, -0.15) is 0 Å². The molecule has 0 unspecified atom stereocenters. The average Bonchev–Trinajstić information content (AvgIpc) is 2.83. The molecule has 1 N–H and O–H groups in total. The van der Waals surface area contributed by atoms with Crippen molar-refractivity contribution in [2.24, 2.45) is 0 Å². The molecule has 2 heterocycles. The second kappa shape index (κ2) is 11.0. The van der Waals surface area contributed by atoms with Gasteiger partial charge < -0.3 is 14.8 Å². The number of esters is 2. The summed E-state index contributed by atoms with van der Waals surface area (Å²) in [5.41, 5.74) is 0.315. The highest BCUT2D eigenvalue weighted by atomic mass is 35.5. The lowest BCUT2D eigenvalue weighted by atomic mass is 10.1. The molecule has 0 aliphatic carbocycles. The van der Waals surface area contributed by atoms with E-state index in [4.69, 9.17) is 44.3 Å². The van der Waals surface area contributed by atoms with E-state index in [0.29, 0.717) is 27.0 Å². The van der Waals surface area contributed by atoms with Crippen LogP contribution in [0.1, 0.15) is 26.3 Å². The van der Waals surface area contributed by atoms with Crippen LogP contribution in [0.25, 0.3) is 0 Å². The number of ether oxygens (including phenoxy) is 2. The highest BCUT2D eigenvalue weighted by Crippen LogP contribution is 2.40. The molecule has 2 aliphatic heterocycles. The van der Waals surface area contributed by atoms with Crippen molar-refractivity contribution in [2.75, 3.05) is 17.7 Å². The van der Waals surface area contributed by atoms with E-state index in [9.17, 15) is 22.8 Å². The minimum atomic E-state index is -3.94. The molecular weight excluding hydrogens is 591 g/mol. The average molecular weight is 616 g/mol. The van der Waals surface area contributed by atoms with Crippen LogP contribution in [0, 0.1) is 0 Å². The zero-order valence-corrected chi connectivity index (χ0v) is 24.2. The molecule has 2 aromatic rings. The first kappa shape index (κ1) is 29.2. The number of amides is 1. The van der Waals surface area contributed by atoms with Crippen LogP contribution < -0.4 is 5.32 Å². The van der Waals surface area contributed by atoms with Gasteiger partial charge >= 0.3 is 11.9 Å². The number of halogens is 3. The number of anilines is 2. The molecule has 13 heteroatoms. The maximum atomic E-state index is 13.0. The van der Waals surface area contributed by atoms with Crippen LogP contribution in [-0.2, 0) is 40.1 Å². The lowest BCUT2D eigenvalue weighted by Crippen LogP contribution is -2.68. The van der Waals surface area contributed by atoms with E-state index in [2.05, 4.69) is 5.32 Å². The molecule has 2 aromatic carbocycles. The van der Waals surface area contributed by atoms with Crippen LogP contribution >= 0.6 is 34.8 Å². The van der Waals surface area contributed by atoms with Crippen LogP contribution in [0.5, 0.6) is 0 Å². The smallest absolute Gasteiger partial charge is 0.355 e. The van der Waals surface area contributed by atoms with E-state index < -0.39 is 56.4 Å². The van der Waals surface area contributed by atoms with Gasteiger partial charge in [0.1, 0.15) is 23.3 Å². The van der Waals surface area contributed by atoms with Crippen molar-refractivity contribution in [3.63, 3.8) is 0 Å². The van der Waals surface area contributed by atoms with Crippen molar-refractivity contribution < 1.29 is 32.3 Å². The molecule has 208 valence electrons. The fraction of sp³-hybridized carbons (Fsp3) is 0.346. The van der Waals surface area contributed by atoms with Crippen molar-refractivity contribution in [2.45, 2.75) is 43.5 Å². The predicted octanol–water partition coefficient (Wildman–Crippen LogP) is 4.62. The number of nitrogens with one attached hydrogen (secondary N) is 1. The SMILES string of the molecule is CC(C)(C)OC(=O)C1=C(COC(=O)Cc2ccccc2Nc2c(Cl)cccc2Cl)CS(=O)(=O)[C@@H]2[C@@H](Cl)C(=O)N12. The molecule has 0 aromatic heterocycles. The third-order valence-electron chi connectivity index (χ3n) is 5.87. The lowest BCUT2D eigenvalue weighted by Gasteiger charge is -2.47. The summed E-state index contributed by atoms with van der Waals surface area (Å²) in [5.74, 6) is -2.96. The first-order valence-corrected chi connectivity index (χ1v) is 14.7. The number of fused-ring (bicyclic) bond motifs is 1. The Bertz CT molecular complexity index is 1460. The summed E-state index contributed by atoms with van der Waals surface area (Å²) in [4.78, 5) is 39.1. The van der Waals surface area contributed by atoms with Gasteiger partial charge in [-0.25, -0.2) is 13.2 Å². The molecule has 2 aliphatic rings. The first-order chi connectivity index (χ1) is 18.2. The molecule has 1 amide bonds. The quantitative estimate of drug-likeness (QED) is 0.272. The summed E-state index contributed by atoms with van der Waals surface area (Å²) in [6, 6.07) is 12.0. The van der Waals surface area contributed by atoms with E-state index in [1.807, 2.05) is 0 Å². The van der Waals surface area contributed by atoms with Crippen LogP contribution in [0.4, 0.5) is 11.4 Å². The van der Waals surface area contributed by atoms with Gasteiger partial charge in [0.15, 0.2) is 15.2 Å². The fourth-order valence-corrected chi connectivity index (χ4v) is 7.25.